The van der Waals surface area contributed by atoms with Crippen LogP contribution in [0.5, 0.6) is 0 Å². The molecule has 0 aliphatic carbocycles. The van der Waals surface area contributed by atoms with Crippen molar-refractivity contribution in [2.45, 2.75) is 19.8 Å². The van der Waals surface area contributed by atoms with Gasteiger partial charge in [0.05, 0.1) is 0 Å². The van der Waals surface area contributed by atoms with Gasteiger partial charge >= 0.3 is 0 Å². The fourth-order valence-corrected chi connectivity index (χ4v) is 2.05. The smallest absolute Gasteiger partial charge is 0.186 e. The first kappa shape index (κ1) is 13.3. The SMILES string of the molecule is CC(C)c1ccccc1C(=O)/C=C/c1ccccc1. The van der Waals surface area contributed by atoms with Crippen molar-refractivity contribution in [3.05, 3.63) is 77.4 Å². The first-order chi connectivity index (χ1) is 9.18. The summed E-state index contributed by atoms with van der Waals surface area (Å²) in [5, 5.41) is 0. The van der Waals surface area contributed by atoms with Crippen LogP contribution in [0.2, 0.25) is 0 Å². The molecule has 0 saturated carbocycles. The van der Waals surface area contributed by atoms with E-state index in [0.717, 1.165) is 16.7 Å². The lowest BCUT2D eigenvalue weighted by Crippen LogP contribution is -2.01. The van der Waals surface area contributed by atoms with Gasteiger partial charge in [0, 0.05) is 5.56 Å². The summed E-state index contributed by atoms with van der Waals surface area (Å²) in [4.78, 5) is 12.3. The fourth-order valence-electron chi connectivity index (χ4n) is 2.05. The number of carbonyl (C=O) groups excluding carboxylic acids is 1. The Bertz CT molecular complexity index is 580. The molecule has 0 fully saturated rings. The van der Waals surface area contributed by atoms with E-state index in [-0.39, 0.29) is 5.78 Å². The lowest BCUT2D eigenvalue weighted by atomic mass is 9.94. The largest absolute Gasteiger partial charge is 0.289 e. The number of carbonyl (C=O) groups is 1. The summed E-state index contributed by atoms with van der Waals surface area (Å²) < 4.78 is 0. The predicted molar refractivity (Wildman–Crippen MR) is 80.3 cm³/mol. The standard InChI is InChI=1S/C18H18O/c1-14(2)16-10-6-7-11-17(16)18(19)13-12-15-8-4-3-5-9-15/h3-14H,1-2H3/b13-12+. The molecule has 0 aromatic heterocycles. The molecule has 0 radical (unpaired) electrons. The second kappa shape index (κ2) is 6.14. The molecule has 0 aliphatic rings. The molecule has 1 nitrogen and oxygen atoms in total. The summed E-state index contributed by atoms with van der Waals surface area (Å²) in [6, 6.07) is 17.7. The Morgan fingerprint density at radius 2 is 1.58 bits per heavy atom. The van der Waals surface area contributed by atoms with Gasteiger partial charge in [-0.1, -0.05) is 74.5 Å². The Morgan fingerprint density at radius 3 is 2.26 bits per heavy atom. The summed E-state index contributed by atoms with van der Waals surface area (Å²) in [5.74, 6) is 0.415. The lowest BCUT2D eigenvalue weighted by molar-refractivity contribution is 0.104. The van der Waals surface area contributed by atoms with Gasteiger partial charge in [-0.25, -0.2) is 0 Å². The van der Waals surface area contributed by atoms with E-state index in [1.807, 2.05) is 60.7 Å². The molecule has 0 aliphatic heterocycles. The number of allylic oxidation sites excluding steroid dienone is 1. The Balaban J connectivity index is 2.24. The molecule has 0 amide bonds. The molecule has 0 bridgehead atoms. The Hall–Kier alpha value is -2.15. The molecule has 2 rings (SSSR count). The monoisotopic (exact) mass is 250 g/mol. The molecule has 0 spiro atoms. The van der Waals surface area contributed by atoms with E-state index in [1.54, 1.807) is 6.08 Å². The van der Waals surface area contributed by atoms with Gasteiger partial charge in [-0.3, -0.25) is 4.79 Å². The first-order valence-corrected chi connectivity index (χ1v) is 6.55. The van der Waals surface area contributed by atoms with Gasteiger partial charge < -0.3 is 0 Å². The molecule has 0 unspecified atom stereocenters. The number of benzene rings is 2. The highest BCUT2D eigenvalue weighted by Crippen LogP contribution is 2.20. The maximum atomic E-state index is 12.3. The van der Waals surface area contributed by atoms with E-state index in [9.17, 15) is 4.79 Å². The summed E-state index contributed by atoms with van der Waals surface area (Å²) in [7, 11) is 0. The average Bonchev–Trinajstić information content (AvgIpc) is 2.46. The Kier molecular flexibility index (Phi) is 4.30. The molecule has 96 valence electrons. The topological polar surface area (TPSA) is 17.1 Å². The third kappa shape index (κ3) is 3.41. The summed E-state index contributed by atoms with van der Waals surface area (Å²) in [5.41, 5.74) is 2.94. The quantitative estimate of drug-likeness (QED) is 0.567. The van der Waals surface area contributed by atoms with E-state index in [0.29, 0.717) is 5.92 Å². The molecular formula is C18H18O. The molecule has 2 aromatic carbocycles. The van der Waals surface area contributed by atoms with Crippen LogP contribution in [-0.2, 0) is 0 Å². The third-order valence-corrected chi connectivity index (χ3v) is 3.07. The second-order valence-corrected chi connectivity index (χ2v) is 4.85. The minimum Gasteiger partial charge on any atom is -0.289 e. The van der Waals surface area contributed by atoms with Crippen LogP contribution in [-0.4, -0.2) is 5.78 Å². The van der Waals surface area contributed by atoms with Crippen LogP contribution in [0, 0.1) is 0 Å². The van der Waals surface area contributed by atoms with Gasteiger partial charge in [0.25, 0.3) is 0 Å². The van der Waals surface area contributed by atoms with Crippen molar-refractivity contribution in [3.63, 3.8) is 0 Å². The van der Waals surface area contributed by atoms with Gasteiger partial charge in [0.15, 0.2) is 5.78 Å². The van der Waals surface area contributed by atoms with E-state index >= 15 is 0 Å². The van der Waals surface area contributed by atoms with Crippen molar-refractivity contribution >= 4 is 11.9 Å². The number of ketones is 1. The van der Waals surface area contributed by atoms with Gasteiger partial charge in [-0.15, -0.1) is 0 Å². The van der Waals surface area contributed by atoms with Gasteiger partial charge in [-0.05, 0) is 23.1 Å². The van der Waals surface area contributed by atoms with Crippen molar-refractivity contribution < 1.29 is 4.79 Å². The zero-order chi connectivity index (χ0) is 13.7. The van der Waals surface area contributed by atoms with Crippen LogP contribution in [0.1, 0.15) is 41.3 Å². The van der Waals surface area contributed by atoms with Crippen molar-refractivity contribution in [3.8, 4) is 0 Å². The zero-order valence-corrected chi connectivity index (χ0v) is 11.3. The van der Waals surface area contributed by atoms with E-state index in [4.69, 9.17) is 0 Å². The van der Waals surface area contributed by atoms with Crippen molar-refractivity contribution in [2.75, 3.05) is 0 Å². The molecule has 2 aromatic rings. The van der Waals surface area contributed by atoms with Gasteiger partial charge in [-0.2, -0.15) is 0 Å². The molecule has 1 heteroatoms. The van der Waals surface area contributed by atoms with Crippen LogP contribution < -0.4 is 0 Å². The number of hydrogen-bond acceptors (Lipinski definition) is 1. The highest BCUT2D eigenvalue weighted by Gasteiger charge is 2.10. The Morgan fingerprint density at radius 1 is 0.947 bits per heavy atom. The highest BCUT2D eigenvalue weighted by atomic mass is 16.1. The normalized spacial score (nSPS) is 11.1. The third-order valence-electron chi connectivity index (χ3n) is 3.07. The first-order valence-electron chi connectivity index (χ1n) is 6.55. The average molecular weight is 250 g/mol. The second-order valence-electron chi connectivity index (χ2n) is 4.85. The predicted octanol–water partition coefficient (Wildman–Crippen LogP) is 4.71. The van der Waals surface area contributed by atoms with Crippen molar-refractivity contribution in [1.29, 1.82) is 0 Å². The molecule has 0 atom stereocenters. The summed E-state index contributed by atoms with van der Waals surface area (Å²) in [6.07, 6.45) is 3.51. The van der Waals surface area contributed by atoms with Gasteiger partial charge in [0.1, 0.15) is 0 Å². The van der Waals surface area contributed by atoms with Crippen LogP contribution >= 0.6 is 0 Å². The molecule has 19 heavy (non-hydrogen) atoms. The molecule has 0 N–H and O–H groups in total. The summed E-state index contributed by atoms with van der Waals surface area (Å²) in [6.45, 7) is 4.21. The molecule has 0 heterocycles. The van der Waals surface area contributed by atoms with E-state index in [2.05, 4.69) is 13.8 Å². The van der Waals surface area contributed by atoms with Crippen LogP contribution in [0.3, 0.4) is 0 Å². The molecule has 0 saturated heterocycles. The van der Waals surface area contributed by atoms with Crippen LogP contribution in [0.4, 0.5) is 0 Å². The van der Waals surface area contributed by atoms with E-state index < -0.39 is 0 Å². The maximum Gasteiger partial charge on any atom is 0.186 e. The Labute approximate surface area is 114 Å². The van der Waals surface area contributed by atoms with Crippen molar-refractivity contribution in [1.82, 2.24) is 0 Å². The minimum absolute atomic E-state index is 0.0631. The fraction of sp³-hybridized carbons (Fsp3) is 0.167. The van der Waals surface area contributed by atoms with Crippen molar-refractivity contribution in [2.24, 2.45) is 0 Å². The zero-order valence-electron chi connectivity index (χ0n) is 11.3. The van der Waals surface area contributed by atoms with Crippen LogP contribution in [0.25, 0.3) is 6.08 Å². The lowest BCUT2D eigenvalue weighted by Gasteiger charge is -2.09. The maximum absolute atomic E-state index is 12.3. The van der Waals surface area contributed by atoms with Crippen LogP contribution in [0.15, 0.2) is 60.7 Å². The minimum atomic E-state index is 0.0631. The summed E-state index contributed by atoms with van der Waals surface area (Å²) >= 11 is 0. The molecular weight excluding hydrogens is 232 g/mol. The number of rotatable bonds is 4. The highest BCUT2D eigenvalue weighted by molar-refractivity contribution is 6.07. The number of hydrogen-bond donors (Lipinski definition) is 0. The van der Waals surface area contributed by atoms with E-state index in [1.165, 1.54) is 0 Å². The van der Waals surface area contributed by atoms with Gasteiger partial charge in [0.2, 0.25) is 0 Å².